The molecule has 6 rings (SSSR count). The lowest BCUT2D eigenvalue weighted by atomic mass is 9.93. The molecule has 4 heterocycles. The second-order valence-corrected chi connectivity index (χ2v) is 9.96. The summed E-state index contributed by atoms with van der Waals surface area (Å²) in [5, 5.41) is 10.7. The molecule has 0 radical (unpaired) electrons. The number of ether oxygens (including phenoxy) is 2. The van der Waals surface area contributed by atoms with Gasteiger partial charge in [0.2, 0.25) is 5.43 Å². The molecule has 3 aliphatic rings. The summed E-state index contributed by atoms with van der Waals surface area (Å²) in [6, 6.07) is 15.5. The van der Waals surface area contributed by atoms with Crippen LogP contribution < -0.4 is 10.9 Å². The van der Waals surface area contributed by atoms with Crippen molar-refractivity contribution < 1.29 is 19.4 Å². The van der Waals surface area contributed by atoms with Crippen LogP contribution in [-0.4, -0.2) is 59.7 Å². The first-order valence-corrected chi connectivity index (χ1v) is 12.5. The van der Waals surface area contributed by atoms with Gasteiger partial charge in [0, 0.05) is 29.4 Å². The summed E-state index contributed by atoms with van der Waals surface area (Å²) in [7, 11) is 1.57. The number of aromatic hydroxyl groups is 1. The van der Waals surface area contributed by atoms with E-state index >= 15 is 0 Å². The molecule has 180 valence electrons. The molecule has 35 heavy (non-hydrogen) atoms. The minimum Gasteiger partial charge on any atom is -0.502 e. The van der Waals surface area contributed by atoms with Gasteiger partial charge in [-0.3, -0.25) is 9.59 Å². The summed E-state index contributed by atoms with van der Waals surface area (Å²) in [5.74, 6) is -0.168. The van der Waals surface area contributed by atoms with Crippen molar-refractivity contribution in [1.29, 1.82) is 0 Å². The van der Waals surface area contributed by atoms with Crippen molar-refractivity contribution in [2.75, 3.05) is 32.4 Å². The average Bonchev–Trinajstić information content (AvgIpc) is 3.06. The standard InChI is InChI=1S/C26H25N3O5S/c1-33-11-17-12-34-13-23-27-29-20(10-21(30)25(31)24(29)26(32)28(17)23)18-7-4-6-16-14-35-22-8-3-2-5-15(22)9-19(16)18/h2-8,10,17,23,27,31H,9,11-14H2,1H3/t17?,23-/m0/s1. The fourth-order valence-corrected chi connectivity index (χ4v) is 6.30. The Morgan fingerprint density at radius 2 is 1.97 bits per heavy atom. The number of amides is 1. The fourth-order valence-electron chi connectivity index (χ4n) is 5.21. The molecule has 0 bridgehead atoms. The van der Waals surface area contributed by atoms with Crippen LogP contribution in [0.25, 0.3) is 11.3 Å². The Labute approximate surface area is 206 Å². The van der Waals surface area contributed by atoms with Gasteiger partial charge in [0.1, 0.15) is 6.17 Å². The first-order chi connectivity index (χ1) is 17.1. The molecule has 2 aromatic carbocycles. The van der Waals surface area contributed by atoms with Gasteiger partial charge in [-0.1, -0.05) is 36.4 Å². The molecule has 3 aromatic rings. The van der Waals surface area contributed by atoms with Crippen LogP contribution in [0.2, 0.25) is 0 Å². The van der Waals surface area contributed by atoms with Crippen molar-refractivity contribution in [2.24, 2.45) is 0 Å². The van der Waals surface area contributed by atoms with E-state index in [4.69, 9.17) is 9.47 Å². The van der Waals surface area contributed by atoms with Crippen LogP contribution in [0.4, 0.5) is 0 Å². The molecule has 1 amide bonds. The molecule has 3 aliphatic heterocycles. The number of morpholine rings is 1. The number of nitrogens with one attached hydrogen (secondary N) is 1. The topological polar surface area (TPSA) is 93.0 Å². The van der Waals surface area contributed by atoms with Gasteiger partial charge < -0.3 is 24.9 Å². The molecule has 1 fully saturated rings. The fraction of sp³-hybridized carbons (Fsp3) is 0.308. The number of benzene rings is 2. The van der Waals surface area contributed by atoms with Crippen LogP contribution in [0.15, 0.2) is 58.2 Å². The molecule has 9 heteroatoms. The Hall–Kier alpha value is -3.27. The van der Waals surface area contributed by atoms with E-state index < -0.39 is 23.3 Å². The lowest BCUT2D eigenvalue weighted by Crippen LogP contribution is -2.64. The van der Waals surface area contributed by atoms with E-state index in [0.717, 1.165) is 16.9 Å². The number of hydrogen-bond donors (Lipinski definition) is 2. The molecule has 1 aromatic heterocycles. The predicted molar refractivity (Wildman–Crippen MR) is 132 cm³/mol. The summed E-state index contributed by atoms with van der Waals surface area (Å²) in [5.41, 5.74) is 7.61. The second-order valence-electron chi connectivity index (χ2n) is 8.95. The lowest BCUT2D eigenvalue weighted by Gasteiger charge is -2.46. The zero-order valence-electron chi connectivity index (χ0n) is 19.2. The maximum atomic E-state index is 13.7. The summed E-state index contributed by atoms with van der Waals surface area (Å²) in [6.07, 6.45) is 0.255. The minimum atomic E-state index is -0.586. The van der Waals surface area contributed by atoms with E-state index in [1.165, 1.54) is 22.1 Å². The molecule has 2 atom stereocenters. The predicted octanol–water partition coefficient (Wildman–Crippen LogP) is 2.79. The molecule has 0 spiro atoms. The molecule has 0 saturated carbocycles. The summed E-state index contributed by atoms with van der Waals surface area (Å²) >= 11 is 1.80. The summed E-state index contributed by atoms with van der Waals surface area (Å²) < 4.78 is 12.6. The molecule has 1 saturated heterocycles. The van der Waals surface area contributed by atoms with Gasteiger partial charge in [-0.2, -0.15) is 0 Å². The Balaban J connectivity index is 1.52. The van der Waals surface area contributed by atoms with Crippen LogP contribution in [0.3, 0.4) is 0 Å². The highest BCUT2D eigenvalue weighted by molar-refractivity contribution is 7.98. The van der Waals surface area contributed by atoms with Crippen LogP contribution in [0.5, 0.6) is 5.75 Å². The normalized spacial score (nSPS) is 20.7. The van der Waals surface area contributed by atoms with E-state index in [-0.39, 0.29) is 24.9 Å². The Kier molecular flexibility index (Phi) is 5.55. The second kappa shape index (κ2) is 8.75. The number of fused-ring (bicyclic) bond motifs is 4. The Bertz CT molecular complexity index is 1390. The quantitative estimate of drug-likeness (QED) is 0.582. The van der Waals surface area contributed by atoms with E-state index in [1.807, 2.05) is 24.3 Å². The number of hydrogen-bond acceptors (Lipinski definition) is 7. The average molecular weight is 492 g/mol. The van der Waals surface area contributed by atoms with Gasteiger partial charge in [0.25, 0.3) is 5.91 Å². The van der Waals surface area contributed by atoms with E-state index in [1.54, 1.807) is 28.4 Å². The highest BCUT2D eigenvalue weighted by Gasteiger charge is 2.42. The third kappa shape index (κ3) is 3.62. The minimum absolute atomic E-state index is 0.0623. The van der Waals surface area contributed by atoms with Gasteiger partial charge >= 0.3 is 0 Å². The number of carbonyl (C=O) groups excluding carboxylic acids is 1. The highest BCUT2D eigenvalue weighted by Crippen LogP contribution is 2.39. The molecular formula is C26H25N3O5S. The monoisotopic (exact) mass is 491 g/mol. The van der Waals surface area contributed by atoms with Crippen LogP contribution >= 0.6 is 11.8 Å². The number of thioether (sulfide) groups is 1. The van der Waals surface area contributed by atoms with E-state index in [0.29, 0.717) is 18.7 Å². The highest BCUT2D eigenvalue weighted by atomic mass is 32.2. The van der Waals surface area contributed by atoms with Crippen molar-refractivity contribution in [1.82, 2.24) is 9.58 Å². The molecular weight excluding hydrogens is 466 g/mol. The molecule has 1 unspecified atom stereocenters. The van der Waals surface area contributed by atoms with Crippen molar-refractivity contribution >= 4 is 17.7 Å². The summed E-state index contributed by atoms with van der Waals surface area (Å²) in [6.45, 7) is 0.901. The number of rotatable bonds is 3. The maximum Gasteiger partial charge on any atom is 0.278 e. The Morgan fingerprint density at radius 1 is 1.14 bits per heavy atom. The van der Waals surface area contributed by atoms with Crippen molar-refractivity contribution in [2.45, 2.75) is 29.3 Å². The third-order valence-electron chi connectivity index (χ3n) is 6.85. The van der Waals surface area contributed by atoms with Crippen molar-refractivity contribution in [3.63, 3.8) is 0 Å². The lowest BCUT2D eigenvalue weighted by molar-refractivity contribution is -0.0556. The van der Waals surface area contributed by atoms with Gasteiger partial charge in [0.15, 0.2) is 11.4 Å². The largest absolute Gasteiger partial charge is 0.502 e. The first kappa shape index (κ1) is 22.2. The van der Waals surface area contributed by atoms with Crippen molar-refractivity contribution in [3.8, 4) is 17.0 Å². The van der Waals surface area contributed by atoms with Gasteiger partial charge in [0.05, 0.1) is 31.6 Å². The number of methoxy groups -OCH3 is 1. The number of nitrogens with zero attached hydrogens (tertiary/aromatic N) is 2. The zero-order chi connectivity index (χ0) is 24.1. The third-order valence-corrected chi connectivity index (χ3v) is 8.02. The van der Waals surface area contributed by atoms with Crippen molar-refractivity contribution in [3.05, 3.63) is 81.1 Å². The number of aromatic nitrogens is 1. The maximum absolute atomic E-state index is 13.7. The van der Waals surface area contributed by atoms with E-state index in [9.17, 15) is 14.7 Å². The number of pyridine rings is 1. The van der Waals surface area contributed by atoms with Gasteiger partial charge in [-0.25, -0.2) is 4.68 Å². The SMILES string of the molecule is COCC1COC[C@H]2Nn3c(-c4cccc5c4Cc4ccccc4SC5)cc(=O)c(O)c3C(=O)N12. The van der Waals surface area contributed by atoms with Crippen LogP contribution in [0, 0.1) is 0 Å². The first-order valence-electron chi connectivity index (χ1n) is 11.5. The van der Waals surface area contributed by atoms with Gasteiger partial charge in [-0.05, 0) is 29.2 Å². The molecule has 8 nitrogen and oxygen atoms in total. The van der Waals surface area contributed by atoms with E-state index in [2.05, 4.69) is 23.6 Å². The van der Waals surface area contributed by atoms with Gasteiger partial charge in [-0.15, -0.1) is 11.8 Å². The Morgan fingerprint density at radius 3 is 2.83 bits per heavy atom. The number of carbonyl (C=O) groups is 1. The van der Waals surface area contributed by atoms with Crippen LogP contribution in [0.1, 0.15) is 27.2 Å². The molecule has 0 aliphatic carbocycles. The smallest absolute Gasteiger partial charge is 0.278 e. The summed E-state index contributed by atoms with van der Waals surface area (Å²) in [4.78, 5) is 29.4. The zero-order valence-corrected chi connectivity index (χ0v) is 20.0. The molecule has 2 N–H and O–H groups in total. The van der Waals surface area contributed by atoms with Crippen LogP contribution in [-0.2, 0) is 21.6 Å².